The van der Waals surface area contributed by atoms with Gasteiger partial charge in [0.2, 0.25) is 0 Å². The van der Waals surface area contributed by atoms with E-state index in [0.717, 1.165) is 57.0 Å². The number of aryl methyl sites for hydroxylation is 1. The third kappa shape index (κ3) is 5.43. The minimum atomic E-state index is -0.601. The average molecular weight is 633 g/mol. The topological polar surface area (TPSA) is 75.0 Å². The molecule has 4 aromatic heterocycles. The summed E-state index contributed by atoms with van der Waals surface area (Å²) in [6.45, 7) is 2.99. The smallest absolute Gasteiger partial charge is 0.155 e. The second-order valence-electron chi connectivity index (χ2n) is 9.15. The predicted octanol–water partition coefficient (Wildman–Crippen LogP) is 6.79. The van der Waals surface area contributed by atoms with E-state index in [1.165, 1.54) is 18.5 Å². The zero-order valence-electron chi connectivity index (χ0n) is 20.8. The van der Waals surface area contributed by atoms with Gasteiger partial charge in [-0.15, -0.1) is 0 Å². The molecule has 0 aliphatic rings. The molecule has 194 valence electrons. The SMILES string of the molecule is Cc1cccc(-c2[nH]c(CN(I)Cc3ccccc3-c3cc(F)cc(F)c3)nc2-c2ccc3ncnn3c2)n1. The first kappa shape index (κ1) is 25.3. The van der Waals surface area contributed by atoms with Crippen molar-refractivity contribution in [3.8, 4) is 33.8 Å². The van der Waals surface area contributed by atoms with Gasteiger partial charge in [0.05, 0.1) is 23.6 Å². The van der Waals surface area contributed by atoms with E-state index >= 15 is 0 Å². The van der Waals surface area contributed by atoms with Crippen molar-refractivity contribution in [1.29, 1.82) is 0 Å². The second-order valence-corrected chi connectivity index (χ2v) is 10.5. The summed E-state index contributed by atoms with van der Waals surface area (Å²) in [6, 6.07) is 21.0. The molecular weight excluding hydrogens is 611 g/mol. The minimum Gasteiger partial charge on any atom is -0.339 e. The van der Waals surface area contributed by atoms with Gasteiger partial charge in [-0.25, -0.2) is 26.4 Å². The molecule has 2 aromatic carbocycles. The third-order valence-electron chi connectivity index (χ3n) is 6.30. The zero-order valence-corrected chi connectivity index (χ0v) is 23.0. The van der Waals surface area contributed by atoms with Crippen molar-refractivity contribution in [3.63, 3.8) is 0 Å². The molecular formula is C29H22F2IN7. The van der Waals surface area contributed by atoms with Crippen molar-refractivity contribution in [1.82, 2.24) is 32.7 Å². The van der Waals surface area contributed by atoms with Crippen molar-refractivity contribution in [2.75, 3.05) is 0 Å². The molecule has 6 aromatic rings. The summed E-state index contributed by atoms with van der Waals surface area (Å²) in [5, 5.41) is 4.26. The number of halogens is 3. The van der Waals surface area contributed by atoms with Crippen LogP contribution in [-0.4, -0.2) is 32.7 Å². The number of imidazole rings is 1. The molecule has 0 saturated carbocycles. The van der Waals surface area contributed by atoms with Crippen LogP contribution in [-0.2, 0) is 13.1 Å². The fraction of sp³-hybridized carbons (Fsp3) is 0.103. The number of hydrogen-bond donors (Lipinski definition) is 1. The van der Waals surface area contributed by atoms with Crippen LogP contribution >= 0.6 is 22.9 Å². The van der Waals surface area contributed by atoms with Crippen LogP contribution in [0.2, 0.25) is 0 Å². The number of aromatic amines is 1. The standard InChI is InChI=1S/C29H22F2IN7/c1-18-5-4-8-25(35-18)29-28(20-9-10-27-33-17-34-39(27)15-20)36-26(37-29)16-38(32)14-19-6-2-3-7-24(19)21-11-22(30)13-23(31)12-21/h2-13,15,17H,14,16H2,1H3,(H,36,37). The molecule has 0 saturated heterocycles. The summed E-state index contributed by atoms with van der Waals surface area (Å²) in [5.74, 6) is -0.447. The maximum atomic E-state index is 13.9. The number of H-pyrrole nitrogens is 1. The Morgan fingerprint density at radius 3 is 2.54 bits per heavy atom. The lowest BCUT2D eigenvalue weighted by Crippen LogP contribution is -2.12. The Bertz CT molecular complexity index is 1780. The number of nitrogens with zero attached hydrogens (tertiary/aromatic N) is 6. The van der Waals surface area contributed by atoms with Crippen LogP contribution in [0.1, 0.15) is 17.1 Å². The largest absolute Gasteiger partial charge is 0.339 e. The number of fused-ring (bicyclic) bond motifs is 1. The molecule has 39 heavy (non-hydrogen) atoms. The molecule has 0 unspecified atom stereocenters. The van der Waals surface area contributed by atoms with Gasteiger partial charge in [-0.05, 0) is 60.0 Å². The van der Waals surface area contributed by atoms with Gasteiger partial charge < -0.3 is 4.98 Å². The quantitative estimate of drug-likeness (QED) is 0.155. The Morgan fingerprint density at radius 1 is 0.897 bits per heavy atom. The summed E-state index contributed by atoms with van der Waals surface area (Å²) in [4.78, 5) is 17.4. The van der Waals surface area contributed by atoms with Gasteiger partial charge in [-0.2, -0.15) is 5.10 Å². The van der Waals surface area contributed by atoms with Crippen LogP contribution in [0.3, 0.4) is 0 Å². The van der Waals surface area contributed by atoms with Gasteiger partial charge in [0.1, 0.15) is 23.8 Å². The van der Waals surface area contributed by atoms with Crippen LogP contribution in [0.15, 0.2) is 85.3 Å². The monoisotopic (exact) mass is 633 g/mol. The van der Waals surface area contributed by atoms with Crippen molar-refractivity contribution in [3.05, 3.63) is 114 Å². The Balaban J connectivity index is 1.32. The van der Waals surface area contributed by atoms with Crippen molar-refractivity contribution >= 4 is 28.5 Å². The van der Waals surface area contributed by atoms with Crippen molar-refractivity contribution in [2.45, 2.75) is 20.0 Å². The van der Waals surface area contributed by atoms with Gasteiger partial charge in [-0.1, -0.05) is 30.3 Å². The van der Waals surface area contributed by atoms with E-state index in [9.17, 15) is 8.78 Å². The van der Waals surface area contributed by atoms with Crippen LogP contribution < -0.4 is 0 Å². The lowest BCUT2D eigenvalue weighted by Gasteiger charge is -2.16. The highest BCUT2D eigenvalue weighted by Crippen LogP contribution is 2.31. The Hall–Kier alpha value is -4.03. The zero-order chi connectivity index (χ0) is 26.9. The van der Waals surface area contributed by atoms with E-state index in [-0.39, 0.29) is 0 Å². The summed E-state index contributed by atoms with van der Waals surface area (Å²) in [7, 11) is 0. The third-order valence-corrected chi connectivity index (χ3v) is 6.98. The Labute approximate surface area is 237 Å². The molecule has 0 bridgehead atoms. The molecule has 0 radical (unpaired) electrons. The summed E-state index contributed by atoms with van der Waals surface area (Å²) in [6.07, 6.45) is 3.42. The van der Waals surface area contributed by atoms with Gasteiger partial charge in [0.25, 0.3) is 0 Å². The van der Waals surface area contributed by atoms with Gasteiger partial charge in [-0.3, -0.25) is 4.98 Å². The second kappa shape index (κ2) is 10.6. The number of rotatable bonds is 7. The highest BCUT2D eigenvalue weighted by atomic mass is 127. The van der Waals surface area contributed by atoms with Crippen LogP contribution in [0.5, 0.6) is 0 Å². The molecule has 0 aliphatic heterocycles. The van der Waals surface area contributed by atoms with Crippen LogP contribution in [0.4, 0.5) is 8.78 Å². The molecule has 10 heteroatoms. The summed E-state index contributed by atoms with van der Waals surface area (Å²) < 4.78 is 31.6. The number of benzene rings is 2. The highest BCUT2D eigenvalue weighted by Gasteiger charge is 2.18. The molecule has 0 fully saturated rings. The molecule has 0 amide bonds. The molecule has 4 heterocycles. The first-order valence-corrected chi connectivity index (χ1v) is 13.2. The van der Waals surface area contributed by atoms with Gasteiger partial charge in [0, 0.05) is 52.9 Å². The molecule has 0 spiro atoms. The predicted molar refractivity (Wildman–Crippen MR) is 154 cm³/mol. The Kier molecular flexibility index (Phi) is 6.88. The normalized spacial score (nSPS) is 11.5. The van der Waals surface area contributed by atoms with Crippen molar-refractivity contribution in [2.24, 2.45) is 0 Å². The fourth-order valence-corrected chi connectivity index (χ4v) is 5.27. The lowest BCUT2D eigenvalue weighted by molar-refractivity contribution is 0.490. The van der Waals surface area contributed by atoms with E-state index in [4.69, 9.17) is 9.97 Å². The summed E-state index contributed by atoms with van der Waals surface area (Å²) >= 11 is 2.25. The number of pyridine rings is 2. The maximum Gasteiger partial charge on any atom is 0.155 e. The van der Waals surface area contributed by atoms with Gasteiger partial charge >= 0.3 is 0 Å². The lowest BCUT2D eigenvalue weighted by atomic mass is 9.99. The molecule has 0 aliphatic carbocycles. The number of hydrogen-bond acceptors (Lipinski definition) is 5. The average Bonchev–Trinajstić information content (AvgIpc) is 3.55. The first-order chi connectivity index (χ1) is 18.9. The van der Waals surface area contributed by atoms with E-state index in [1.54, 1.807) is 4.52 Å². The maximum absolute atomic E-state index is 13.9. The van der Waals surface area contributed by atoms with E-state index in [0.29, 0.717) is 18.7 Å². The number of aromatic nitrogens is 6. The van der Waals surface area contributed by atoms with E-state index in [2.05, 4.69) is 41.0 Å². The van der Waals surface area contributed by atoms with Gasteiger partial charge in [0.15, 0.2) is 5.65 Å². The fourth-order valence-electron chi connectivity index (χ4n) is 4.58. The minimum absolute atomic E-state index is 0.497. The number of nitrogens with one attached hydrogen (secondary N) is 1. The van der Waals surface area contributed by atoms with Crippen molar-refractivity contribution < 1.29 is 8.78 Å². The Morgan fingerprint density at radius 2 is 1.72 bits per heavy atom. The van der Waals surface area contributed by atoms with Crippen LogP contribution in [0, 0.1) is 18.6 Å². The molecule has 1 N–H and O–H groups in total. The molecule has 7 nitrogen and oxygen atoms in total. The highest BCUT2D eigenvalue weighted by molar-refractivity contribution is 14.1. The molecule has 6 rings (SSSR count). The molecule has 0 atom stereocenters. The first-order valence-electron chi connectivity index (χ1n) is 12.2. The van der Waals surface area contributed by atoms with E-state index < -0.39 is 11.6 Å². The van der Waals surface area contributed by atoms with E-state index in [1.807, 2.05) is 67.7 Å². The van der Waals surface area contributed by atoms with Crippen LogP contribution in [0.25, 0.3) is 39.4 Å². The summed E-state index contributed by atoms with van der Waals surface area (Å²) in [5.41, 5.74) is 7.14.